The van der Waals surface area contributed by atoms with Gasteiger partial charge in [-0.2, -0.15) is 0 Å². The highest BCUT2D eigenvalue weighted by atomic mass is 35.5. The molecule has 0 radical (unpaired) electrons. The van der Waals surface area contributed by atoms with Crippen LogP contribution in [-0.2, 0) is 19.1 Å². The third-order valence-electron chi connectivity index (χ3n) is 6.91. The molecule has 32 heavy (non-hydrogen) atoms. The maximum Gasteiger partial charge on any atom is 0.306 e. The molecule has 4 atom stereocenters. The molecule has 0 aromatic carbocycles. The number of hydrogen-bond acceptors (Lipinski definition) is 6. The number of epoxide rings is 1. The van der Waals surface area contributed by atoms with E-state index in [1.807, 2.05) is 26.2 Å². The predicted molar refractivity (Wildman–Crippen MR) is 129 cm³/mol. The molecule has 2 aliphatic heterocycles. The monoisotopic (exact) mass is 481 g/mol. The van der Waals surface area contributed by atoms with Crippen molar-refractivity contribution in [1.29, 1.82) is 0 Å². The molecule has 0 N–H and O–H groups in total. The maximum absolute atomic E-state index is 12.8. The number of fused-ring (bicyclic) bond motifs is 1. The summed E-state index contributed by atoms with van der Waals surface area (Å²) in [6.07, 6.45) is 6.94. The van der Waals surface area contributed by atoms with Gasteiger partial charge in [0, 0.05) is 30.1 Å². The zero-order valence-electron chi connectivity index (χ0n) is 19.9. The number of halogens is 1. The Labute approximate surface area is 200 Å². The van der Waals surface area contributed by atoms with Crippen LogP contribution in [0.1, 0.15) is 89.8 Å². The summed E-state index contributed by atoms with van der Waals surface area (Å²) in [5.74, 6) is 0.384. The number of carbonyl (C=O) groups is 2. The molecule has 7 heteroatoms. The Balaban J connectivity index is 1.76. The van der Waals surface area contributed by atoms with Crippen molar-refractivity contribution < 1.29 is 19.1 Å². The number of hydrogen-bond donors (Lipinski definition) is 0. The van der Waals surface area contributed by atoms with E-state index in [0.29, 0.717) is 30.2 Å². The zero-order chi connectivity index (χ0) is 23.5. The van der Waals surface area contributed by atoms with E-state index < -0.39 is 11.5 Å². The van der Waals surface area contributed by atoms with Crippen molar-refractivity contribution in [2.24, 2.45) is 11.3 Å². The highest BCUT2D eigenvalue weighted by molar-refractivity contribution is 7.09. The van der Waals surface area contributed by atoms with Crippen LogP contribution in [0.15, 0.2) is 10.4 Å². The van der Waals surface area contributed by atoms with E-state index in [1.54, 1.807) is 17.4 Å². The number of cyclic esters (lactones) is 1. The van der Waals surface area contributed by atoms with E-state index in [4.69, 9.17) is 21.1 Å². The molecule has 2 fully saturated rings. The van der Waals surface area contributed by atoms with Crippen molar-refractivity contribution in [2.45, 2.75) is 104 Å². The van der Waals surface area contributed by atoms with Gasteiger partial charge in [-0.25, -0.2) is 4.98 Å². The number of thiazole rings is 1. The molecule has 2 saturated heterocycles. The van der Waals surface area contributed by atoms with Crippen LogP contribution >= 0.6 is 22.9 Å². The number of carbonyl (C=O) groups excluding carboxylic acids is 2. The molecule has 5 nitrogen and oxygen atoms in total. The Morgan fingerprint density at radius 2 is 1.97 bits per heavy atom. The lowest BCUT2D eigenvalue weighted by molar-refractivity contribution is -0.148. The standard InChI is InChI=1S/C25H36ClNO4S/c1-16-7-6-11-25(5)22(31-25)14-20(19(26)13-18-15-32-17(2)27-18)30-23(29)10-12-24(3,4)21(28)9-8-16/h13,15-16,20,22H,6-12,14H2,1-5H3. The third-order valence-corrected chi connectivity index (χ3v) is 8.05. The second-order valence-electron chi connectivity index (χ2n) is 10.3. The van der Waals surface area contributed by atoms with Crippen molar-refractivity contribution in [3.63, 3.8) is 0 Å². The maximum atomic E-state index is 12.8. The topological polar surface area (TPSA) is 68.8 Å². The molecule has 2 aliphatic rings. The molecule has 0 amide bonds. The smallest absolute Gasteiger partial charge is 0.306 e. The summed E-state index contributed by atoms with van der Waals surface area (Å²) in [4.78, 5) is 29.9. The third kappa shape index (κ3) is 6.88. The summed E-state index contributed by atoms with van der Waals surface area (Å²) in [5.41, 5.74) is 0.0235. The minimum absolute atomic E-state index is 0.0147. The number of nitrogens with zero attached hydrogens (tertiary/aromatic N) is 1. The Morgan fingerprint density at radius 3 is 2.66 bits per heavy atom. The van der Waals surface area contributed by atoms with E-state index in [0.717, 1.165) is 36.4 Å². The van der Waals surface area contributed by atoms with Crippen LogP contribution < -0.4 is 0 Å². The van der Waals surface area contributed by atoms with E-state index in [1.165, 1.54) is 0 Å². The van der Waals surface area contributed by atoms with E-state index >= 15 is 0 Å². The Morgan fingerprint density at radius 1 is 1.22 bits per heavy atom. The Hall–Kier alpha value is -1.24. The van der Waals surface area contributed by atoms with Crippen molar-refractivity contribution in [3.05, 3.63) is 21.1 Å². The summed E-state index contributed by atoms with van der Waals surface area (Å²) >= 11 is 8.18. The van der Waals surface area contributed by atoms with E-state index in [-0.39, 0.29) is 29.9 Å². The zero-order valence-corrected chi connectivity index (χ0v) is 21.5. The SMILES string of the molecule is Cc1nc(C=C(Cl)C2CC3OC3(C)CCCC(C)CCC(=O)C(C)(C)CCC(=O)O2)cs1. The summed E-state index contributed by atoms with van der Waals surface area (Å²) in [6, 6.07) is 0. The van der Waals surface area contributed by atoms with Crippen LogP contribution in [0.2, 0.25) is 0 Å². The Kier molecular flexibility index (Phi) is 8.21. The van der Waals surface area contributed by atoms with Crippen LogP contribution in [-0.4, -0.2) is 34.5 Å². The molecule has 1 aromatic heterocycles. The van der Waals surface area contributed by atoms with Gasteiger partial charge in [-0.1, -0.05) is 45.2 Å². The van der Waals surface area contributed by atoms with Gasteiger partial charge < -0.3 is 9.47 Å². The van der Waals surface area contributed by atoms with Gasteiger partial charge in [-0.15, -0.1) is 11.3 Å². The molecule has 4 unspecified atom stereocenters. The second-order valence-corrected chi connectivity index (χ2v) is 11.8. The lowest BCUT2D eigenvalue weighted by atomic mass is 9.80. The molecule has 178 valence electrons. The van der Waals surface area contributed by atoms with Crippen LogP contribution in [0, 0.1) is 18.3 Å². The highest BCUT2D eigenvalue weighted by Crippen LogP contribution is 2.45. The summed E-state index contributed by atoms with van der Waals surface area (Å²) in [5, 5.41) is 3.34. The quantitative estimate of drug-likeness (QED) is 0.357. The summed E-state index contributed by atoms with van der Waals surface area (Å²) < 4.78 is 11.9. The van der Waals surface area contributed by atoms with Gasteiger partial charge in [-0.05, 0) is 45.1 Å². The van der Waals surface area contributed by atoms with Crippen LogP contribution in [0.3, 0.4) is 0 Å². The first-order chi connectivity index (χ1) is 15.0. The first-order valence-electron chi connectivity index (χ1n) is 11.7. The molecule has 3 heterocycles. The number of esters is 1. The van der Waals surface area contributed by atoms with Gasteiger partial charge in [0.1, 0.15) is 11.9 Å². The molecule has 0 spiro atoms. The largest absolute Gasteiger partial charge is 0.456 e. The molecule has 0 bridgehead atoms. The number of aryl methyl sites for hydroxylation is 1. The van der Waals surface area contributed by atoms with Gasteiger partial charge in [-0.3, -0.25) is 9.59 Å². The number of ketones is 1. The molecule has 0 saturated carbocycles. The summed E-state index contributed by atoms with van der Waals surface area (Å²) in [6.45, 7) is 10.1. The van der Waals surface area contributed by atoms with Crippen molar-refractivity contribution in [3.8, 4) is 0 Å². The molecule has 3 rings (SSSR count). The number of ether oxygens (including phenoxy) is 2. The predicted octanol–water partition coefficient (Wildman–Crippen LogP) is 6.47. The minimum atomic E-state index is -0.580. The van der Waals surface area contributed by atoms with Crippen LogP contribution in [0.5, 0.6) is 0 Å². The second kappa shape index (κ2) is 10.4. The van der Waals surface area contributed by atoms with E-state index in [9.17, 15) is 9.59 Å². The highest BCUT2D eigenvalue weighted by Gasteiger charge is 2.52. The lowest BCUT2D eigenvalue weighted by Crippen LogP contribution is -2.28. The van der Waals surface area contributed by atoms with Gasteiger partial charge in [0.2, 0.25) is 0 Å². The van der Waals surface area contributed by atoms with Crippen LogP contribution in [0.4, 0.5) is 0 Å². The van der Waals surface area contributed by atoms with Crippen molar-refractivity contribution >= 4 is 40.8 Å². The molecule has 1 aromatic rings. The van der Waals surface area contributed by atoms with Gasteiger partial charge in [0.05, 0.1) is 27.4 Å². The normalized spacial score (nSPS) is 32.8. The van der Waals surface area contributed by atoms with Crippen molar-refractivity contribution in [1.82, 2.24) is 4.98 Å². The molecule has 0 aliphatic carbocycles. The fraction of sp³-hybridized carbons (Fsp3) is 0.720. The first-order valence-corrected chi connectivity index (χ1v) is 12.9. The summed E-state index contributed by atoms with van der Waals surface area (Å²) in [7, 11) is 0. The average molecular weight is 482 g/mol. The molecular weight excluding hydrogens is 446 g/mol. The first kappa shape index (κ1) is 25.4. The Bertz CT molecular complexity index is 864. The minimum Gasteiger partial charge on any atom is -0.456 e. The fourth-order valence-corrected chi connectivity index (χ4v) is 5.15. The van der Waals surface area contributed by atoms with Gasteiger partial charge >= 0.3 is 5.97 Å². The van der Waals surface area contributed by atoms with Gasteiger partial charge in [0.15, 0.2) is 0 Å². The van der Waals surface area contributed by atoms with Crippen molar-refractivity contribution in [2.75, 3.05) is 0 Å². The number of rotatable bonds is 2. The number of aromatic nitrogens is 1. The number of Topliss-reactive ketones (excluding diaryl/α,β-unsaturated/α-hetero) is 1. The van der Waals surface area contributed by atoms with Gasteiger partial charge in [0.25, 0.3) is 0 Å². The van der Waals surface area contributed by atoms with E-state index in [2.05, 4.69) is 18.8 Å². The van der Waals surface area contributed by atoms with Crippen LogP contribution in [0.25, 0.3) is 6.08 Å². The average Bonchev–Trinajstić information content (AvgIpc) is 3.16. The lowest BCUT2D eigenvalue weighted by Gasteiger charge is -2.25. The molecular formula is C25H36ClNO4S. The fourth-order valence-electron chi connectivity index (χ4n) is 4.33.